The molecule has 1 aliphatic rings. The van der Waals surface area contributed by atoms with E-state index in [1.165, 1.54) is 11.3 Å². The summed E-state index contributed by atoms with van der Waals surface area (Å²) in [5.74, 6) is 1.28. The molecule has 176 valence electrons. The third kappa shape index (κ3) is 4.19. The van der Waals surface area contributed by atoms with Gasteiger partial charge in [-0.05, 0) is 49.4 Å². The lowest BCUT2D eigenvalue weighted by atomic mass is 9.99. The van der Waals surface area contributed by atoms with Crippen LogP contribution in [0.2, 0.25) is 5.02 Å². The molecule has 1 unspecified atom stereocenters. The van der Waals surface area contributed by atoms with Crippen molar-refractivity contribution >= 4 is 33.2 Å². The van der Waals surface area contributed by atoms with E-state index in [0.717, 1.165) is 36.4 Å². The van der Waals surface area contributed by atoms with Crippen LogP contribution in [-0.4, -0.2) is 47.3 Å². The van der Waals surface area contributed by atoms with Crippen LogP contribution in [0.15, 0.2) is 59.7 Å². The van der Waals surface area contributed by atoms with Crippen LogP contribution in [0, 0.1) is 0 Å². The molecule has 0 amide bonds. The highest BCUT2D eigenvalue weighted by atomic mass is 35.5. The molecule has 34 heavy (non-hydrogen) atoms. The van der Waals surface area contributed by atoms with Crippen molar-refractivity contribution in [3.63, 3.8) is 0 Å². The maximum atomic E-state index is 13.4. The largest absolute Gasteiger partial charge is 0.493 e. The van der Waals surface area contributed by atoms with Crippen LogP contribution in [0.5, 0.6) is 11.5 Å². The number of likely N-dealkylation sites (tertiary alicyclic amines) is 1. The first-order chi connectivity index (χ1) is 16.4. The van der Waals surface area contributed by atoms with Gasteiger partial charge in [0.2, 0.25) is 0 Å². The van der Waals surface area contributed by atoms with E-state index in [2.05, 4.69) is 23.9 Å². The molecule has 2 aromatic carbocycles. The van der Waals surface area contributed by atoms with Gasteiger partial charge in [0.1, 0.15) is 16.6 Å². The lowest BCUT2D eigenvalue weighted by Gasteiger charge is -2.30. The Morgan fingerprint density at radius 2 is 1.94 bits per heavy atom. The van der Waals surface area contributed by atoms with E-state index in [-0.39, 0.29) is 11.2 Å². The highest BCUT2D eigenvalue weighted by molar-refractivity contribution is 7.22. The lowest BCUT2D eigenvalue weighted by molar-refractivity contribution is 0.0722. The van der Waals surface area contributed by atoms with Crippen LogP contribution >= 0.6 is 22.9 Å². The quantitative estimate of drug-likeness (QED) is 0.346. The molecule has 0 bridgehead atoms. The van der Waals surface area contributed by atoms with Crippen LogP contribution in [-0.2, 0) is 0 Å². The number of hydrogen-bond donors (Lipinski definition) is 0. The Kier molecular flexibility index (Phi) is 6.10. The number of ether oxygens (including phenoxy) is 2. The standard InChI is InChI=1S/C26H26ClN3O3S/c1-4-26(11-12-29(2)15-26)33-21-10-9-19(13-22(21)32-3)30-16-28-20-14-23(34-24(20)25(30)31)17-5-7-18(27)8-6-17/h5-10,13-14,16H,4,11-12,15H2,1-3H3. The van der Waals surface area contributed by atoms with Crippen LogP contribution < -0.4 is 15.0 Å². The second-order valence-corrected chi connectivity index (χ2v) is 10.2. The Labute approximate surface area is 207 Å². The van der Waals surface area contributed by atoms with Crippen molar-refractivity contribution in [3.05, 3.63) is 70.2 Å². The molecule has 0 spiro atoms. The van der Waals surface area contributed by atoms with E-state index in [0.29, 0.717) is 32.4 Å². The summed E-state index contributed by atoms with van der Waals surface area (Å²) in [7, 11) is 3.73. The summed E-state index contributed by atoms with van der Waals surface area (Å²) in [6, 6.07) is 15.1. The molecule has 1 aliphatic heterocycles. The maximum Gasteiger partial charge on any atom is 0.275 e. The number of benzene rings is 2. The van der Waals surface area contributed by atoms with Crippen LogP contribution in [0.3, 0.4) is 0 Å². The summed E-state index contributed by atoms with van der Waals surface area (Å²) in [6.45, 7) is 4.04. The minimum atomic E-state index is -0.226. The lowest BCUT2D eigenvalue weighted by Crippen LogP contribution is -2.38. The monoisotopic (exact) mass is 495 g/mol. The molecule has 2 aromatic heterocycles. The molecule has 1 fully saturated rings. The highest BCUT2D eigenvalue weighted by Crippen LogP contribution is 2.37. The molecular weight excluding hydrogens is 470 g/mol. The molecular formula is C26H26ClN3O3S. The van der Waals surface area contributed by atoms with Gasteiger partial charge in [-0.3, -0.25) is 9.36 Å². The van der Waals surface area contributed by atoms with Crippen LogP contribution in [0.4, 0.5) is 0 Å². The van der Waals surface area contributed by atoms with Crippen molar-refractivity contribution in [1.29, 1.82) is 0 Å². The summed E-state index contributed by atoms with van der Waals surface area (Å²) < 4.78 is 14.3. The Hall–Kier alpha value is -2.87. The van der Waals surface area contributed by atoms with Crippen molar-refractivity contribution in [2.75, 3.05) is 27.2 Å². The topological polar surface area (TPSA) is 56.6 Å². The third-order valence-electron chi connectivity index (χ3n) is 6.47. The molecule has 0 N–H and O–H groups in total. The summed E-state index contributed by atoms with van der Waals surface area (Å²) in [4.78, 5) is 21.2. The summed E-state index contributed by atoms with van der Waals surface area (Å²) in [5, 5.41) is 0.677. The van der Waals surface area contributed by atoms with E-state index >= 15 is 0 Å². The van der Waals surface area contributed by atoms with Gasteiger partial charge in [0.05, 0.1) is 18.3 Å². The molecule has 4 aromatic rings. The molecule has 0 saturated carbocycles. The Morgan fingerprint density at radius 3 is 2.62 bits per heavy atom. The highest BCUT2D eigenvalue weighted by Gasteiger charge is 2.38. The van der Waals surface area contributed by atoms with Gasteiger partial charge in [-0.25, -0.2) is 4.98 Å². The minimum Gasteiger partial charge on any atom is -0.493 e. The Bertz CT molecular complexity index is 1400. The van der Waals surface area contributed by atoms with E-state index < -0.39 is 0 Å². The number of rotatable bonds is 6. The molecule has 6 nitrogen and oxygen atoms in total. The second kappa shape index (κ2) is 9.06. The zero-order valence-electron chi connectivity index (χ0n) is 19.4. The van der Waals surface area contributed by atoms with Crippen molar-refractivity contribution in [2.24, 2.45) is 0 Å². The molecule has 8 heteroatoms. The van der Waals surface area contributed by atoms with E-state index in [9.17, 15) is 4.79 Å². The summed E-state index contributed by atoms with van der Waals surface area (Å²) in [6.07, 6.45) is 3.45. The van der Waals surface area contributed by atoms with Gasteiger partial charge < -0.3 is 14.4 Å². The Balaban J connectivity index is 1.50. The van der Waals surface area contributed by atoms with Gasteiger partial charge in [-0.1, -0.05) is 30.7 Å². The number of halogens is 1. The van der Waals surface area contributed by atoms with Crippen LogP contribution in [0.25, 0.3) is 26.3 Å². The molecule has 1 atom stereocenters. The summed E-state index contributed by atoms with van der Waals surface area (Å²) in [5.41, 5.74) is 2.02. The van der Waals surface area contributed by atoms with Crippen molar-refractivity contribution in [3.8, 4) is 27.6 Å². The molecule has 1 saturated heterocycles. The predicted octanol–water partition coefficient (Wildman–Crippen LogP) is 5.64. The molecule has 0 aliphatic carbocycles. The minimum absolute atomic E-state index is 0.117. The van der Waals surface area contributed by atoms with Gasteiger partial charge in [0, 0.05) is 35.5 Å². The van der Waals surface area contributed by atoms with E-state index in [4.69, 9.17) is 21.1 Å². The smallest absolute Gasteiger partial charge is 0.275 e. The molecule has 0 radical (unpaired) electrons. The maximum absolute atomic E-state index is 13.4. The average Bonchev–Trinajstić information content (AvgIpc) is 3.45. The summed E-state index contributed by atoms with van der Waals surface area (Å²) >= 11 is 7.44. The number of aromatic nitrogens is 2. The fraction of sp³-hybridized carbons (Fsp3) is 0.308. The first-order valence-corrected chi connectivity index (χ1v) is 12.4. The molecule has 5 rings (SSSR count). The van der Waals surface area contributed by atoms with Crippen molar-refractivity contribution in [2.45, 2.75) is 25.4 Å². The second-order valence-electron chi connectivity index (χ2n) is 8.71. The van der Waals surface area contributed by atoms with Crippen molar-refractivity contribution < 1.29 is 9.47 Å². The van der Waals surface area contributed by atoms with E-state index in [1.807, 2.05) is 48.5 Å². The van der Waals surface area contributed by atoms with Crippen LogP contribution in [0.1, 0.15) is 19.8 Å². The predicted molar refractivity (Wildman–Crippen MR) is 138 cm³/mol. The molecule has 3 heterocycles. The SMILES string of the molecule is CCC1(Oc2ccc(-n3cnc4cc(-c5ccc(Cl)cc5)sc4c3=O)cc2OC)CCN(C)C1. The number of fused-ring (bicyclic) bond motifs is 1. The zero-order chi connectivity index (χ0) is 23.9. The first kappa shape index (κ1) is 22.9. The van der Waals surface area contributed by atoms with E-state index in [1.54, 1.807) is 18.0 Å². The fourth-order valence-corrected chi connectivity index (χ4v) is 5.64. The number of nitrogens with zero attached hydrogens (tertiary/aromatic N) is 3. The Morgan fingerprint density at radius 1 is 1.15 bits per heavy atom. The third-order valence-corrected chi connectivity index (χ3v) is 7.88. The number of likely N-dealkylation sites (N-methyl/N-ethyl adjacent to an activating group) is 1. The first-order valence-electron chi connectivity index (χ1n) is 11.2. The van der Waals surface area contributed by atoms with Crippen molar-refractivity contribution in [1.82, 2.24) is 14.5 Å². The average molecular weight is 496 g/mol. The number of methoxy groups -OCH3 is 1. The van der Waals surface area contributed by atoms with Gasteiger partial charge in [-0.2, -0.15) is 0 Å². The number of thiophene rings is 1. The normalized spacial score (nSPS) is 18.5. The zero-order valence-corrected chi connectivity index (χ0v) is 20.9. The fourth-order valence-electron chi connectivity index (χ4n) is 4.47. The van der Waals surface area contributed by atoms with Gasteiger partial charge in [0.15, 0.2) is 11.5 Å². The number of hydrogen-bond acceptors (Lipinski definition) is 6. The van der Waals surface area contributed by atoms with Gasteiger partial charge in [-0.15, -0.1) is 11.3 Å². The van der Waals surface area contributed by atoms with Gasteiger partial charge in [0.25, 0.3) is 5.56 Å². The van der Waals surface area contributed by atoms with Gasteiger partial charge >= 0.3 is 0 Å².